The third kappa shape index (κ3) is 4.07. The maximum Gasteiger partial charge on any atom is 0.300 e. The molecule has 12 nitrogen and oxygen atoms in total. The predicted octanol–water partition coefficient (Wildman–Crippen LogP) is 2.06. The summed E-state index contributed by atoms with van der Waals surface area (Å²) in [5.74, 6) is 0.828. The van der Waals surface area contributed by atoms with E-state index in [1.807, 2.05) is 21.9 Å². The molecule has 1 aliphatic carbocycles. The summed E-state index contributed by atoms with van der Waals surface area (Å²) in [6.45, 7) is 3.41. The highest BCUT2D eigenvalue weighted by Gasteiger charge is 2.53. The number of ether oxygens (including phenoxy) is 1. The number of H-pyrrole nitrogens is 1. The van der Waals surface area contributed by atoms with Gasteiger partial charge in [-0.05, 0) is 30.9 Å². The molecule has 0 unspecified atom stereocenters. The van der Waals surface area contributed by atoms with Crippen LogP contribution in [0.25, 0.3) is 22.5 Å². The molecule has 1 amide bonds. The number of β-amino-alcohol motifs (C(OH)–C–C–N with tert-alkyl or cyclic N) is 1. The third-order valence-electron chi connectivity index (χ3n) is 7.23. The molecule has 3 N–H and O–H groups in total. The van der Waals surface area contributed by atoms with Gasteiger partial charge in [-0.1, -0.05) is 6.07 Å². The van der Waals surface area contributed by atoms with Crippen LogP contribution in [0.5, 0.6) is 0 Å². The predicted molar refractivity (Wildman–Crippen MR) is 134 cm³/mol. The van der Waals surface area contributed by atoms with Crippen molar-refractivity contribution in [2.45, 2.75) is 18.4 Å². The SMILES string of the molecule is O=C(Nc1cccc(-c2cn[nH]c2)n1)c1cc2oc(N3CCOCC3)nc2nc1N1CC(O)(C2CC2)C1. The summed E-state index contributed by atoms with van der Waals surface area (Å²) >= 11 is 0. The van der Waals surface area contributed by atoms with Gasteiger partial charge in [-0.25, -0.2) is 9.97 Å². The topological polar surface area (TPSA) is 146 Å². The second kappa shape index (κ2) is 8.53. The number of rotatable bonds is 6. The van der Waals surface area contributed by atoms with Crippen LogP contribution in [0.3, 0.4) is 0 Å². The van der Waals surface area contributed by atoms with Crippen molar-refractivity contribution in [1.82, 2.24) is 25.1 Å². The quantitative estimate of drug-likeness (QED) is 0.358. The summed E-state index contributed by atoms with van der Waals surface area (Å²) in [5.41, 5.74) is 1.96. The molecule has 0 atom stereocenters. The highest BCUT2D eigenvalue weighted by Crippen LogP contribution is 2.46. The molecule has 4 aromatic rings. The van der Waals surface area contributed by atoms with Crippen molar-refractivity contribution < 1.29 is 19.1 Å². The lowest BCUT2D eigenvalue weighted by Gasteiger charge is -2.48. The summed E-state index contributed by atoms with van der Waals surface area (Å²) in [6, 6.07) is 7.54. The first kappa shape index (κ1) is 22.2. The molecule has 7 rings (SSSR count). The van der Waals surface area contributed by atoms with Crippen LogP contribution in [0.4, 0.5) is 17.7 Å². The van der Waals surface area contributed by atoms with Gasteiger partial charge >= 0.3 is 0 Å². The number of anilines is 3. The molecule has 0 radical (unpaired) electrons. The van der Waals surface area contributed by atoms with E-state index >= 15 is 0 Å². The largest absolute Gasteiger partial charge is 0.422 e. The molecule has 0 spiro atoms. The number of hydrogen-bond acceptors (Lipinski definition) is 10. The second-order valence-corrected chi connectivity index (χ2v) is 9.86. The number of pyridine rings is 2. The van der Waals surface area contributed by atoms with E-state index in [0.29, 0.717) is 85.4 Å². The van der Waals surface area contributed by atoms with E-state index in [-0.39, 0.29) is 5.91 Å². The van der Waals surface area contributed by atoms with Crippen molar-refractivity contribution in [1.29, 1.82) is 0 Å². The normalized spacial score (nSPS) is 19.2. The Kier molecular flexibility index (Phi) is 5.11. The number of fused-ring (bicyclic) bond motifs is 1. The Bertz CT molecular complexity index is 1450. The van der Waals surface area contributed by atoms with Gasteiger partial charge < -0.3 is 29.4 Å². The Morgan fingerprint density at radius 2 is 1.97 bits per heavy atom. The average Bonchev–Trinajstić information content (AvgIpc) is 3.44. The number of morpholine rings is 1. The van der Waals surface area contributed by atoms with Gasteiger partial charge in [-0.2, -0.15) is 10.1 Å². The number of hydrogen-bond donors (Lipinski definition) is 3. The van der Waals surface area contributed by atoms with Gasteiger partial charge in [0.1, 0.15) is 17.2 Å². The molecule has 2 saturated heterocycles. The number of nitrogens with one attached hydrogen (secondary N) is 2. The first-order valence-corrected chi connectivity index (χ1v) is 12.4. The summed E-state index contributed by atoms with van der Waals surface area (Å²) in [7, 11) is 0. The zero-order valence-corrected chi connectivity index (χ0v) is 20.1. The highest BCUT2D eigenvalue weighted by molar-refractivity contribution is 6.09. The third-order valence-corrected chi connectivity index (χ3v) is 7.23. The number of aromatic amines is 1. The van der Waals surface area contributed by atoms with Gasteiger partial charge in [0.05, 0.1) is 43.8 Å². The van der Waals surface area contributed by atoms with Gasteiger partial charge in [-0.3, -0.25) is 9.89 Å². The van der Waals surface area contributed by atoms with Gasteiger partial charge in [-0.15, -0.1) is 0 Å². The van der Waals surface area contributed by atoms with E-state index in [4.69, 9.17) is 14.1 Å². The lowest BCUT2D eigenvalue weighted by Crippen LogP contribution is -2.64. The van der Waals surface area contributed by atoms with Crippen molar-refractivity contribution in [3.05, 3.63) is 42.2 Å². The molecule has 3 fully saturated rings. The molecular formula is C25H26N8O4. The minimum absolute atomic E-state index is 0.319. The van der Waals surface area contributed by atoms with Crippen molar-refractivity contribution >= 4 is 34.8 Å². The van der Waals surface area contributed by atoms with Crippen LogP contribution in [0.15, 0.2) is 41.1 Å². The minimum atomic E-state index is -0.729. The van der Waals surface area contributed by atoms with E-state index in [2.05, 4.69) is 25.5 Å². The molecule has 6 heterocycles. The second-order valence-electron chi connectivity index (χ2n) is 9.86. The van der Waals surface area contributed by atoms with Crippen molar-refractivity contribution in [3.63, 3.8) is 0 Å². The fourth-order valence-electron chi connectivity index (χ4n) is 5.02. The van der Waals surface area contributed by atoms with Crippen LogP contribution < -0.4 is 15.1 Å². The molecule has 3 aliphatic rings. The van der Waals surface area contributed by atoms with Crippen LogP contribution in [-0.4, -0.2) is 81.2 Å². The Morgan fingerprint density at radius 1 is 1.14 bits per heavy atom. The molecule has 1 saturated carbocycles. The van der Waals surface area contributed by atoms with Crippen LogP contribution in [-0.2, 0) is 4.74 Å². The van der Waals surface area contributed by atoms with E-state index < -0.39 is 5.60 Å². The van der Waals surface area contributed by atoms with Gasteiger partial charge in [0.15, 0.2) is 5.58 Å². The molecule has 190 valence electrons. The summed E-state index contributed by atoms with van der Waals surface area (Å²) in [6.07, 6.45) is 5.49. The zero-order valence-electron chi connectivity index (χ0n) is 20.1. The molecule has 0 aromatic carbocycles. The smallest absolute Gasteiger partial charge is 0.300 e. The van der Waals surface area contributed by atoms with Gasteiger partial charge in [0.25, 0.3) is 11.9 Å². The minimum Gasteiger partial charge on any atom is -0.422 e. The van der Waals surface area contributed by atoms with Crippen LogP contribution >= 0.6 is 0 Å². The Labute approximate surface area is 211 Å². The Balaban J connectivity index is 1.22. The fourth-order valence-corrected chi connectivity index (χ4v) is 5.02. The molecule has 2 aliphatic heterocycles. The van der Waals surface area contributed by atoms with E-state index in [9.17, 15) is 9.90 Å². The number of oxazole rings is 1. The lowest BCUT2D eigenvalue weighted by atomic mass is 9.88. The number of carbonyl (C=O) groups excluding carboxylic acids is 1. The maximum atomic E-state index is 13.5. The standard InChI is InChI=1S/C25H26N8O4/c34-23(29-20-3-1-2-18(28-20)15-11-26-27-12-15)17-10-19-21(31-24(37-19)32-6-8-36-9-7-32)30-22(17)33-13-25(35,14-33)16-4-5-16/h1-3,10-12,16,35H,4-9,13-14H2,(H,26,27)(H,28,29,34). The molecule has 4 aromatic heterocycles. The Morgan fingerprint density at radius 3 is 2.73 bits per heavy atom. The average molecular weight is 503 g/mol. The number of aliphatic hydroxyl groups is 1. The first-order valence-electron chi connectivity index (χ1n) is 12.4. The number of aromatic nitrogens is 5. The first-order chi connectivity index (χ1) is 18.1. The van der Waals surface area contributed by atoms with E-state index in [1.54, 1.807) is 24.5 Å². The fraction of sp³-hybridized carbons (Fsp3) is 0.400. The number of nitrogens with zero attached hydrogens (tertiary/aromatic N) is 6. The van der Waals surface area contributed by atoms with Gasteiger partial charge in [0, 0.05) is 30.9 Å². The van der Waals surface area contributed by atoms with Gasteiger partial charge in [0.2, 0.25) is 5.65 Å². The van der Waals surface area contributed by atoms with Crippen molar-refractivity contribution in [2.24, 2.45) is 5.92 Å². The molecule has 0 bridgehead atoms. The van der Waals surface area contributed by atoms with Crippen molar-refractivity contribution in [3.8, 4) is 11.3 Å². The molecular weight excluding hydrogens is 476 g/mol. The van der Waals surface area contributed by atoms with E-state index in [1.165, 1.54) is 0 Å². The number of carbonyl (C=O) groups is 1. The summed E-state index contributed by atoms with van der Waals surface area (Å²) in [4.78, 5) is 31.4. The van der Waals surface area contributed by atoms with Crippen LogP contribution in [0.1, 0.15) is 23.2 Å². The summed E-state index contributed by atoms with van der Waals surface area (Å²) in [5, 5.41) is 20.5. The van der Waals surface area contributed by atoms with Crippen molar-refractivity contribution in [2.75, 3.05) is 54.5 Å². The summed E-state index contributed by atoms with van der Waals surface area (Å²) < 4.78 is 11.4. The monoisotopic (exact) mass is 502 g/mol. The maximum absolute atomic E-state index is 13.5. The van der Waals surface area contributed by atoms with E-state index in [0.717, 1.165) is 18.4 Å². The molecule has 37 heavy (non-hydrogen) atoms. The zero-order chi connectivity index (χ0) is 25.0. The lowest BCUT2D eigenvalue weighted by molar-refractivity contribution is -0.00980. The molecule has 12 heteroatoms. The van der Waals surface area contributed by atoms with Crippen LogP contribution in [0, 0.1) is 5.92 Å². The Hall–Kier alpha value is -4.03. The number of amides is 1. The van der Waals surface area contributed by atoms with Crippen LogP contribution in [0.2, 0.25) is 0 Å². The highest BCUT2D eigenvalue weighted by atomic mass is 16.5.